The summed E-state index contributed by atoms with van der Waals surface area (Å²) in [5, 5.41) is 3.01. The number of hydrogen-bond donors (Lipinski definition) is 1. The van der Waals surface area contributed by atoms with E-state index in [4.69, 9.17) is 0 Å². The maximum Gasteiger partial charge on any atom is 0.251 e. The van der Waals surface area contributed by atoms with Crippen molar-refractivity contribution in [3.63, 3.8) is 0 Å². The molecule has 3 rings (SSSR count). The van der Waals surface area contributed by atoms with E-state index in [1.54, 1.807) is 16.4 Å². The van der Waals surface area contributed by atoms with Crippen molar-refractivity contribution < 1.29 is 17.6 Å². The Balaban J connectivity index is 1.68. The molecule has 1 saturated carbocycles. The van der Waals surface area contributed by atoms with Crippen LogP contribution >= 0.6 is 0 Å². The van der Waals surface area contributed by atoms with Crippen LogP contribution < -0.4 is 5.32 Å². The predicted molar refractivity (Wildman–Crippen MR) is 112 cm³/mol. The number of carbonyl (C=O) groups excluding carboxylic acids is 1. The van der Waals surface area contributed by atoms with Crippen molar-refractivity contribution in [2.45, 2.75) is 50.7 Å². The number of amides is 1. The fourth-order valence-corrected chi connectivity index (χ4v) is 6.09. The molecule has 1 saturated heterocycles. The Morgan fingerprint density at radius 1 is 1.21 bits per heavy atom. The maximum atomic E-state index is 14.4. The number of nitrogens with one attached hydrogen (secondary N) is 1. The third kappa shape index (κ3) is 5.35. The number of carbonyl (C=O) groups is 1. The topological polar surface area (TPSA) is 69.7 Å². The van der Waals surface area contributed by atoms with Crippen molar-refractivity contribution in [1.29, 1.82) is 0 Å². The largest absolute Gasteiger partial charge is 0.350 e. The molecule has 1 amide bonds. The molecule has 0 spiro atoms. The maximum absolute atomic E-state index is 14.4. The predicted octanol–water partition coefficient (Wildman–Crippen LogP) is 2.42. The van der Waals surface area contributed by atoms with E-state index < -0.39 is 21.7 Å². The van der Waals surface area contributed by atoms with Gasteiger partial charge in [-0.05, 0) is 44.2 Å². The molecular formula is C21H32FN3O3S. The monoisotopic (exact) mass is 425 g/mol. The Labute approximate surface area is 173 Å². The number of rotatable bonds is 7. The third-order valence-corrected chi connectivity index (χ3v) is 8.22. The van der Waals surface area contributed by atoms with Gasteiger partial charge in [-0.1, -0.05) is 25.1 Å². The molecule has 2 fully saturated rings. The molecule has 29 heavy (non-hydrogen) atoms. The van der Waals surface area contributed by atoms with Crippen molar-refractivity contribution in [3.8, 4) is 0 Å². The Bertz CT molecular complexity index is 782. The molecule has 8 heteroatoms. The fourth-order valence-electron chi connectivity index (χ4n) is 4.59. The fraction of sp³-hybridized carbons (Fsp3) is 0.667. The lowest BCUT2D eigenvalue weighted by molar-refractivity contribution is 0.000773. The Morgan fingerprint density at radius 3 is 2.52 bits per heavy atom. The molecule has 1 aliphatic heterocycles. The molecule has 162 valence electrons. The summed E-state index contributed by atoms with van der Waals surface area (Å²) in [6, 6.07) is 9.02. The minimum atomic E-state index is -3.22. The van der Waals surface area contributed by atoms with E-state index in [0.717, 1.165) is 12.8 Å². The van der Waals surface area contributed by atoms with Gasteiger partial charge in [-0.25, -0.2) is 12.8 Å². The lowest BCUT2D eigenvalue weighted by atomic mass is 9.78. The highest BCUT2D eigenvalue weighted by atomic mass is 32.2. The van der Waals surface area contributed by atoms with Gasteiger partial charge in [0.15, 0.2) is 0 Å². The second-order valence-electron chi connectivity index (χ2n) is 8.17. The van der Waals surface area contributed by atoms with Crippen LogP contribution in [0.2, 0.25) is 0 Å². The van der Waals surface area contributed by atoms with Crippen molar-refractivity contribution in [2.75, 3.05) is 38.5 Å². The van der Waals surface area contributed by atoms with Gasteiger partial charge >= 0.3 is 0 Å². The van der Waals surface area contributed by atoms with Gasteiger partial charge in [0, 0.05) is 43.8 Å². The minimum Gasteiger partial charge on any atom is -0.350 e. The Morgan fingerprint density at radius 2 is 1.90 bits per heavy atom. The van der Waals surface area contributed by atoms with Crippen LogP contribution in [0.5, 0.6) is 0 Å². The summed E-state index contributed by atoms with van der Waals surface area (Å²) in [6.07, 6.45) is 2.23. The van der Waals surface area contributed by atoms with E-state index in [2.05, 4.69) is 10.2 Å². The molecule has 1 aliphatic carbocycles. The van der Waals surface area contributed by atoms with Crippen LogP contribution in [0.1, 0.15) is 49.4 Å². The van der Waals surface area contributed by atoms with Gasteiger partial charge in [-0.15, -0.1) is 0 Å². The van der Waals surface area contributed by atoms with Crippen molar-refractivity contribution >= 4 is 15.9 Å². The smallest absolute Gasteiger partial charge is 0.251 e. The molecule has 1 N–H and O–H groups in total. The van der Waals surface area contributed by atoms with Crippen LogP contribution in [0.3, 0.4) is 0 Å². The molecule has 2 aliphatic rings. The number of hydrogen-bond acceptors (Lipinski definition) is 4. The molecule has 1 aromatic rings. The Kier molecular flexibility index (Phi) is 7.29. The first kappa shape index (κ1) is 22.2. The average Bonchev–Trinajstić information content (AvgIpc) is 2.73. The van der Waals surface area contributed by atoms with E-state index in [9.17, 15) is 17.6 Å². The van der Waals surface area contributed by atoms with Crippen LogP contribution in [0.15, 0.2) is 30.3 Å². The molecule has 6 nitrogen and oxygen atoms in total. The van der Waals surface area contributed by atoms with Crippen LogP contribution in [-0.2, 0) is 10.0 Å². The second kappa shape index (κ2) is 9.53. The van der Waals surface area contributed by atoms with Gasteiger partial charge in [0.1, 0.15) is 6.17 Å². The lowest BCUT2D eigenvalue weighted by Gasteiger charge is -2.50. The molecule has 1 aromatic carbocycles. The van der Waals surface area contributed by atoms with E-state index in [1.807, 2.05) is 25.1 Å². The van der Waals surface area contributed by atoms with Crippen molar-refractivity contribution in [1.82, 2.24) is 14.5 Å². The molecule has 1 heterocycles. The number of nitrogens with zero attached hydrogens (tertiary/aromatic N) is 2. The molecule has 0 aromatic heterocycles. The number of alkyl halides is 1. The number of halogens is 1. The number of benzene rings is 1. The minimum absolute atomic E-state index is 0.157. The van der Waals surface area contributed by atoms with Gasteiger partial charge in [-0.3, -0.25) is 9.69 Å². The van der Waals surface area contributed by atoms with Crippen LogP contribution in [0, 0.1) is 0 Å². The molecular weight excluding hydrogens is 393 g/mol. The highest BCUT2D eigenvalue weighted by Gasteiger charge is 2.43. The first-order valence-electron chi connectivity index (χ1n) is 10.6. The molecule has 2 unspecified atom stereocenters. The molecule has 0 radical (unpaired) electrons. The van der Waals surface area contributed by atoms with Gasteiger partial charge in [0.05, 0.1) is 5.75 Å². The third-order valence-electron chi connectivity index (χ3n) is 6.14. The van der Waals surface area contributed by atoms with Crippen molar-refractivity contribution in [3.05, 3.63) is 35.9 Å². The summed E-state index contributed by atoms with van der Waals surface area (Å²) in [5.74, 6) is 0.00721. The summed E-state index contributed by atoms with van der Waals surface area (Å²) in [6.45, 7) is 4.22. The second-order valence-corrected chi connectivity index (χ2v) is 10.3. The summed E-state index contributed by atoms with van der Waals surface area (Å²) >= 11 is 0. The summed E-state index contributed by atoms with van der Waals surface area (Å²) in [7, 11) is -3.22. The van der Waals surface area contributed by atoms with Crippen LogP contribution in [0.25, 0.3) is 0 Å². The van der Waals surface area contributed by atoms with Crippen LogP contribution in [0.4, 0.5) is 4.39 Å². The zero-order valence-corrected chi connectivity index (χ0v) is 18.0. The van der Waals surface area contributed by atoms with Gasteiger partial charge in [-0.2, -0.15) is 4.31 Å². The first-order valence-corrected chi connectivity index (χ1v) is 12.2. The molecule has 2 atom stereocenters. The summed E-state index contributed by atoms with van der Waals surface area (Å²) in [5.41, 5.74) is 0.133. The van der Waals surface area contributed by atoms with E-state index >= 15 is 0 Å². The van der Waals surface area contributed by atoms with E-state index in [-0.39, 0.29) is 11.7 Å². The van der Waals surface area contributed by atoms with E-state index in [1.165, 1.54) is 0 Å². The zero-order valence-electron chi connectivity index (χ0n) is 17.1. The van der Waals surface area contributed by atoms with Gasteiger partial charge < -0.3 is 5.32 Å². The number of piperazine rings is 1. The highest BCUT2D eigenvalue weighted by molar-refractivity contribution is 7.89. The van der Waals surface area contributed by atoms with Gasteiger partial charge in [0.2, 0.25) is 10.0 Å². The number of sulfonamides is 1. The van der Waals surface area contributed by atoms with Gasteiger partial charge in [0.25, 0.3) is 5.91 Å². The average molecular weight is 426 g/mol. The lowest BCUT2D eigenvalue weighted by Crippen LogP contribution is -2.63. The van der Waals surface area contributed by atoms with Crippen LogP contribution in [-0.4, -0.2) is 73.7 Å². The summed E-state index contributed by atoms with van der Waals surface area (Å²) < 4.78 is 40.7. The SMILES string of the molecule is CCCS(=O)(=O)N1CCN(C2(CNC(=O)c3ccccc3)CCCC(F)C2)CC1. The Hall–Kier alpha value is -1.51. The quantitative estimate of drug-likeness (QED) is 0.729. The summed E-state index contributed by atoms with van der Waals surface area (Å²) in [4.78, 5) is 14.7. The van der Waals surface area contributed by atoms with E-state index in [0.29, 0.717) is 57.5 Å². The standard InChI is InChI=1S/C21H32FN3O3S/c1-2-15-29(27,28)25-13-11-24(12-14-25)21(10-6-9-19(22)16-21)17-23-20(26)18-7-4-3-5-8-18/h3-5,7-8,19H,2,6,9-17H2,1H3,(H,23,26). The normalized spacial score (nSPS) is 26.9. The first-order chi connectivity index (χ1) is 13.9. The zero-order chi connectivity index (χ0) is 20.9. The molecule has 0 bridgehead atoms. The highest BCUT2D eigenvalue weighted by Crippen LogP contribution is 2.36. The van der Waals surface area contributed by atoms with Crippen molar-refractivity contribution in [2.24, 2.45) is 0 Å².